The van der Waals surface area contributed by atoms with Crippen molar-refractivity contribution in [3.63, 3.8) is 0 Å². The van der Waals surface area contributed by atoms with E-state index in [0.29, 0.717) is 18.1 Å². The third-order valence-electron chi connectivity index (χ3n) is 2.28. The molecule has 0 bridgehead atoms. The molecule has 0 aliphatic rings. The van der Waals surface area contributed by atoms with Gasteiger partial charge in [-0.25, -0.2) is 4.98 Å². The molecule has 86 valence electrons. The van der Waals surface area contributed by atoms with Crippen molar-refractivity contribution in [1.82, 2.24) is 4.98 Å². The van der Waals surface area contributed by atoms with Gasteiger partial charge in [-0.1, -0.05) is 0 Å². The van der Waals surface area contributed by atoms with Crippen LogP contribution in [-0.4, -0.2) is 25.8 Å². The average Bonchev–Trinajstić information content (AvgIpc) is 2.71. The maximum Gasteiger partial charge on any atom is 0.214 e. The van der Waals surface area contributed by atoms with Crippen LogP contribution in [0.5, 0.6) is 5.75 Å². The first-order valence-electron chi connectivity index (χ1n) is 4.93. The van der Waals surface area contributed by atoms with Gasteiger partial charge in [-0.15, -0.1) is 0 Å². The number of oxazole rings is 1. The molecule has 16 heavy (non-hydrogen) atoms. The molecule has 0 spiro atoms. The first-order valence-corrected chi connectivity index (χ1v) is 4.93. The zero-order valence-electron chi connectivity index (χ0n) is 9.27. The third-order valence-corrected chi connectivity index (χ3v) is 2.28. The van der Waals surface area contributed by atoms with Crippen LogP contribution < -0.4 is 10.5 Å². The molecule has 0 saturated carbocycles. The number of hydrogen-bond acceptors (Lipinski definition) is 5. The molecule has 0 saturated heterocycles. The van der Waals surface area contributed by atoms with Crippen molar-refractivity contribution in [1.29, 1.82) is 0 Å². The summed E-state index contributed by atoms with van der Waals surface area (Å²) in [7, 11) is 3.20. The summed E-state index contributed by atoms with van der Waals surface area (Å²) < 4.78 is 15.6. The number of hydrogen-bond donors (Lipinski definition) is 1. The molecule has 2 N–H and O–H groups in total. The predicted octanol–water partition coefficient (Wildman–Crippen LogP) is 1.48. The van der Waals surface area contributed by atoms with Crippen LogP contribution in [0.15, 0.2) is 22.6 Å². The molecule has 1 unspecified atom stereocenters. The number of benzene rings is 1. The molecule has 2 rings (SSSR count). The number of nitrogens with zero attached hydrogens (tertiary/aromatic N) is 1. The molecule has 0 radical (unpaired) electrons. The first-order chi connectivity index (χ1) is 7.74. The summed E-state index contributed by atoms with van der Waals surface area (Å²) in [5.41, 5.74) is 7.26. The molecule has 1 atom stereocenters. The molecule has 0 aliphatic heterocycles. The lowest BCUT2D eigenvalue weighted by Gasteiger charge is -2.03. The third kappa shape index (κ3) is 2.00. The van der Waals surface area contributed by atoms with Gasteiger partial charge in [0, 0.05) is 13.2 Å². The van der Waals surface area contributed by atoms with Gasteiger partial charge in [0.15, 0.2) is 5.58 Å². The second-order valence-corrected chi connectivity index (χ2v) is 3.45. The summed E-state index contributed by atoms with van der Waals surface area (Å²) in [5, 5.41) is 0. The Bertz CT molecular complexity index is 481. The van der Waals surface area contributed by atoms with E-state index in [9.17, 15) is 0 Å². The summed E-state index contributed by atoms with van der Waals surface area (Å²) >= 11 is 0. The molecule has 0 amide bonds. The smallest absolute Gasteiger partial charge is 0.214 e. The highest BCUT2D eigenvalue weighted by Crippen LogP contribution is 2.23. The van der Waals surface area contributed by atoms with E-state index in [4.69, 9.17) is 19.6 Å². The second-order valence-electron chi connectivity index (χ2n) is 3.45. The Morgan fingerprint density at radius 2 is 2.25 bits per heavy atom. The van der Waals surface area contributed by atoms with Crippen LogP contribution in [-0.2, 0) is 4.74 Å². The number of aromatic nitrogens is 1. The van der Waals surface area contributed by atoms with E-state index < -0.39 is 0 Å². The molecular formula is C11H14N2O3. The Hall–Kier alpha value is -1.59. The Morgan fingerprint density at radius 3 is 2.94 bits per heavy atom. The van der Waals surface area contributed by atoms with E-state index in [2.05, 4.69) is 4.98 Å². The number of ether oxygens (including phenoxy) is 2. The minimum Gasteiger partial charge on any atom is -0.497 e. The number of rotatable bonds is 4. The topological polar surface area (TPSA) is 70.5 Å². The lowest BCUT2D eigenvalue weighted by atomic mass is 10.3. The van der Waals surface area contributed by atoms with Crippen LogP contribution in [0.3, 0.4) is 0 Å². The summed E-state index contributed by atoms with van der Waals surface area (Å²) in [6.07, 6.45) is 0. The minimum atomic E-state index is -0.344. The quantitative estimate of drug-likeness (QED) is 0.848. The van der Waals surface area contributed by atoms with Gasteiger partial charge in [0.05, 0.1) is 13.7 Å². The Labute approximate surface area is 93.2 Å². The maximum absolute atomic E-state index is 5.83. The SMILES string of the molecule is COCC(N)c1nc2ccc(OC)cc2o1. The van der Waals surface area contributed by atoms with Gasteiger partial charge < -0.3 is 19.6 Å². The van der Waals surface area contributed by atoms with Crippen LogP contribution in [0.25, 0.3) is 11.1 Å². The van der Waals surface area contributed by atoms with Crippen LogP contribution in [0.4, 0.5) is 0 Å². The van der Waals surface area contributed by atoms with Crippen LogP contribution >= 0.6 is 0 Å². The normalized spacial score (nSPS) is 12.9. The van der Waals surface area contributed by atoms with E-state index in [-0.39, 0.29) is 6.04 Å². The van der Waals surface area contributed by atoms with E-state index in [0.717, 1.165) is 11.3 Å². The Kier molecular flexibility index (Phi) is 3.07. The van der Waals surface area contributed by atoms with Gasteiger partial charge in [-0.2, -0.15) is 0 Å². The van der Waals surface area contributed by atoms with Crippen molar-refractivity contribution < 1.29 is 13.9 Å². The minimum absolute atomic E-state index is 0.344. The highest BCUT2D eigenvalue weighted by molar-refractivity contribution is 5.74. The fraction of sp³-hybridized carbons (Fsp3) is 0.364. The van der Waals surface area contributed by atoms with E-state index in [1.807, 2.05) is 12.1 Å². The lowest BCUT2D eigenvalue weighted by Crippen LogP contribution is -2.16. The van der Waals surface area contributed by atoms with Crippen molar-refractivity contribution in [2.24, 2.45) is 5.73 Å². The zero-order chi connectivity index (χ0) is 11.5. The van der Waals surface area contributed by atoms with Crippen molar-refractivity contribution in [3.8, 4) is 5.75 Å². The number of methoxy groups -OCH3 is 2. The highest BCUT2D eigenvalue weighted by Gasteiger charge is 2.13. The van der Waals surface area contributed by atoms with E-state index in [1.54, 1.807) is 20.3 Å². The predicted molar refractivity (Wildman–Crippen MR) is 59.4 cm³/mol. The molecule has 0 aliphatic carbocycles. The van der Waals surface area contributed by atoms with Gasteiger partial charge in [-0.3, -0.25) is 0 Å². The van der Waals surface area contributed by atoms with Crippen LogP contribution in [0.2, 0.25) is 0 Å². The monoisotopic (exact) mass is 222 g/mol. The maximum atomic E-state index is 5.83. The van der Waals surface area contributed by atoms with Gasteiger partial charge in [0.1, 0.15) is 17.3 Å². The van der Waals surface area contributed by atoms with E-state index >= 15 is 0 Å². The zero-order valence-corrected chi connectivity index (χ0v) is 9.27. The second kappa shape index (κ2) is 4.51. The van der Waals surface area contributed by atoms with Crippen molar-refractivity contribution in [3.05, 3.63) is 24.1 Å². The number of fused-ring (bicyclic) bond motifs is 1. The van der Waals surface area contributed by atoms with Gasteiger partial charge >= 0.3 is 0 Å². The molecule has 1 heterocycles. The van der Waals surface area contributed by atoms with Gasteiger partial charge in [0.2, 0.25) is 5.89 Å². The molecule has 1 aromatic carbocycles. The summed E-state index contributed by atoms with van der Waals surface area (Å²) in [6, 6.07) is 5.10. The molecule has 1 aromatic heterocycles. The first kappa shape index (κ1) is 10.9. The molecule has 5 heteroatoms. The van der Waals surface area contributed by atoms with Crippen LogP contribution in [0, 0.1) is 0 Å². The highest BCUT2D eigenvalue weighted by atomic mass is 16.5. The Morgan fingerprint density at radius 1 is 1.44 bits per heavy atom. The lowest BCUT2D eigenvalue weighted by molar-refractivity contribution is 0.171. The summed E-state index contributed by atoms with van der Waals surface area (Å²) in [4.78, 5) is 4.28. The average molecular weight is 222 g/mol. The van der Waals surface area contributed by atoms with Gasteiger partial charge in [0.25, 0.3) is 0 Å². The molecule has 0 fully saturated rings. The van der Waals surface area contributed by atoms with Crippen molar-refractivity contribution >= 4 is 11.1 Å². The largest absolute Gasteiger partial charge is 0.497 e. The fourth-order valence-corrected chi connectivity index (χ4v) is 1.46. The molecule has 5 nitrogen and oxygen atoms in total. The van der Waals surface area contributed by atoms with Crippen molar-refractivity contribution in [2.45, 2.75) is 6.04 Å². The molecule has 2 aromatic rings. The standard InChI is InChI=1S/C11H14N2O3/c1-14-6-8(12)11-13-9-4-3-7(15-2)5-10(9)16-11/h3-5,8H,6,12H2,1-2H3. The van der Waals surface area contributed by atoms with Crippen LogP contribution in [0.1, 0.15) is 11.9 Å². The van der Waals surface area contributed by atoms with Gasteiger partial charge in [-0.05, 0) is 12.1 Å². The summed E-state index contributed by atoms with van der Waals surface area (Å²) in [5.74, 6) is 1.21. The van der Waals surface area contributed by atoms with Crippen molar-refractivity contribution in [2.75, 3.05) is 20.8 Å². The number of nitrogens with two attached hydrogens (primary N) is 1. The fourth-order valence-electron chi connectivity index (χ4n) is 1.46. The Balaban J connectivity index is 2.35. The molecular weight excluding hydrogens is 208 g/mol. The summed E-state index contributed by atoms with van der Waals surface area (Å²) in [6.45, 7) is 0.379. The van der Waals surface area contributed by atoms with E-state index in [1.165, 1.54) is 0 Å².